The van der Waals surface area contributed by atoms with Gasteiger partial charge >= 0.3 is 0 Å². The zero-order chi connectivity index (χ0) is 20.6. The molecule has 0 fully saturated rings. The summed E-state index contributed by atoms with van der Waals surface area (Å²) in [5, 5.41) is 0. The summed E-state index contributed by atoms with van der Waals surface area (Å²) in [6, 6.07) is 12.7. The molecule has 2 aromatic carbocycles. The van der Waals surface area contributed by atoms with Crippen molar-refractivity contribution >= 4 is 18.6 Å². The monoisotopic (exact) mass is 406 g/mol. The summed E-state index contributed by atoms with van der Waals surface area (Å²) in [7, 11) is -2.65. The van der Waals surface area contributed by atoms with E-state index in [0.717, 1.165) is 11.1 Å². The van der Waals surface area contributed by atoms with Crippen LogP contribution in [0.1, 0.15) is 81.0 Å². The Bertz CT molecular complexity index is 781. The highest BCUT2D eigenvalue weighted by Crippen LogP contribution is 2.45. The van der Waals surface area contributed by atoms with Gasteiger partial charge in [0.1, 0.15) is 6.10 Å². The predicted molar refractivity (Wildman–Crippen MR) is 118 cm³/mol. The molecule has 148 valence electrons. The smallest absolute Gasteiger partial charge is 0.279 e. The lowest BCUT2D eigenvalue weighted by atomic mass is 9.77. The van der Waals surface area contributed by atoms with Gasteiger partial charge in [0, 0.05) is 0 Å². The van der Waals surface area contributed by atoms with Crippen LogP contribution in [0.2, 0.25) is 0 Å². The summed E-state index contributed by atoms with van der Waals surface area (Å²) in [4.78, 5) is 0. The second-order valence-corrected chi connectivity index (χ2v) is 11.1. The molecule has 0 heterocycles. The minimum atomic E-state index is -2.65. The van der Waals surface area contributed by atoms with Crippen molar-refractivity contribution in [1.29, 1.82) is 0 Å². The van der Waals surface area contributed by atoms with E-state index in [2.05, 4.69) is 91.8 Å². The van der Waals surface area contributed by atoms with Gasteiger partial charge in [-0.25, -0.2) is 0 Å². The maximum atomic E-state index is 12.0. The molecule has 2 aromatic rings. The number of hydrogen-bond donors (Lipinski definition) is 0. The molecule has 0 aliphatic carbocycles. The summed E-state index contributed by atoms with van der Waals surface area (Å²) in [6.45, 7) is 17.3. The molecule has 0 radical (unpaired) electrons. The first-order chi connectivity index (χ1) is 12.3. The first kappa shape index (κ1) is 22.2. The van der Waals surface area contributed by atoms with Crippen LogP contribution < -0.4 is 0 Å². The normalized spacial score (nSPS) is 13.9. The summed E-state index contributed by atoms with van der Waals surface area (Å²) < 4.78 is 17.9. The molecule has 0 aromatic heterocycles. The average Bonchev–Trinajstić information content (AvgIpc) is 2.51. The van der Waals surface area contributed by atoms with Crippen molar-refractivity contribution in [1.82, 2.24) is 0 Å². The Kier molecular flexibility index (Phi) is 6.67. The van der Waals surface area contributed by atoms with E-state index in [-0.39, 0.29) is 10.8 Å². The van der Waals surface area contributed by atoms with E-state index in [0.29, 0.717) is 0 Å². The third-order valence-electron chi connectivity index (χ3n) is 4.81. The molecule has 27 heavy (non-hydrogen) atoms. The summed E-state index contributed by atoms with van der Waals surface area (Å²) in [5.74, 6) is 0. The largest absolute Gasteiger partial charge is 0.306 e. The quantitative estimate of drug-likeness (QED) is 0.487. The number of hydrogen-bond acceptors (Lipinski definition) is 2. The van der Waals surface area contributed by atoms with E-state index in [9.17, 15) is 4.57 Å². The van der Waals surface area contributed by atoms with Crippen molar-refractivity contribution in [2.45, 2.75) is 72.3 Å². The van der Waals surface area contributed by atoms with Crippen molar-refractivity contribution in [2.75, 3.05) is 0 Å². The van der Waals surface area contributed by atoms with Gasteiger partial charge in [-0.15, -0.1) is 0 Å². The van der Waals surface area contributed by atoms with Gasteiger partial charge in [-0.1, -0.05) is 89.1 Å². The van der Waals surface area contributed by atoms with Crippen LogP contribution >= 0.6 is 18.6 Å². The molecule has 0 amide bonds. The van der Waals surface area contributed by atoms with Crippen LogP contribution in [0.3, 0.4) is 0 Å². The Hall–Kier alpha value is -1.08. The molecule has 0 saturated carbocycles. The first-order valence-corrected chi connectivity index (χ1v) is 11.7. The molecular formula is C23H32ClO2P. The van der Waals surface area contributed by atoms with Gasteiger partial charge in [-0.2, -0.15) is 0 Å². The Balaban J connectivity index is 2.79. The highest BCUT2D eigenvalue weighted by Gasteiger charge is 2.30. The van der Waals surface area contributed by atoms with Crippen molar-refractivity contribution < 1.29 is 9.09 Å². The lowest BCUT2D eigenvalue weighted by Gasteiger charge is -2.31. The maximum absolute atomic E-state index is 12.0. The summed E-state index contributed by atoms with van der Waals surface area (Å²) in [5.41, 5.74) is 6.68. The van der Waals surface area contributed by atoms with Crippen molar-refractivity contribution in [2.24, 2.45) is 0 Å². The molecule has 1 atom stereocenters. The van der Waals surface area contributed by atoms with Gasteiger partial charge in [-0.3, -0.25) is 4.57 Å². The zero-order valence-electron chi connectivity index (χ0n) is 17.7. The molecule has 0 aliphatic heterocycles. The van der Waals surface area contributed by atoms with Gasteiger partial charge in [0.15, 0.2) is 0 Å². The Morgan fingerprint density at radius 1 is 0.815 bits per heavy atom. The van der Waals surface area contributed by atoms with Crippen LogP contribution in [-0.2, 0) is 19.9 Å². The molecule has 0 N–H and O–H groups in total. The van der Waals surface area contributed by atoms with Crippen molar-refractivity contribution in [3.63, 3.8) is 0 Å². The molecule has 0 spiro atoms. The van der Waals surface area contributed by atoms with Crippen LogP contribution in [0.25, 0.3) is 0 Å². The van der Waals surface area contributed by atoms with Crippen LogP contribution in [0.15, 0.2) is 36.4 Å². The summed E-state index contributed by atoms with van der Waals surface area (Å²) in [6.07, 6.45) is -0.460. The van der Waals surface area contributed by atoms with Crippen molar-refractivity contribution in [3.05, 3.63) is 69.8 Å². The second kappa shape index (κ2) is 8.11. The topological polar surface area (TPSA) is 26.3 Å². The minimum absolute atomic E-state index is 0.0718. The summed E-state index contributed by atoms with van der Waals surface area (Å²) >= 11 is 5.89. The highest BCUT2D eigenvalue weighted by atomic mass is 35.7. The molecular weight excluding hydrogens is 375 g/mol. The number of halogens is 1. The van der Waals surface area contributed by atoms with Crippen molar-refractivity contribution in [3.8, 4) is 0 Å². The lowest BCUT2D eigenvalue weighted by Crippen LogP contribution is -2.21. The highest BCUT2D eigenvalue weighted by molar-refractivity contribution is 7.69. The van der Waals surface area contributed by atoms with Crippen LogP contribution in [0.5, 0.6) is 0 Å². The molecule has 0 aliphatic rings. The molecule has 2 rings (SSSR count). The fourth-order valence-corrected chi connectivity index (χ4v) is 4.19. The van der Waals surface area contributed by atoms with E-state index in [1.165, 1.54) is 22.3 Å². The van der Waals surface area contributed by atoms with Crippen LogP contribution in [-0.4, -0.2) is 0 Å². The van der Waals surface area contributed by atoms with Gasteiger partial charge < -0.3 is 4.52 Å². The first-order valence-electron chi connectivity index (χ1n) is 9.39. The average molecular weight is 407 g/mol. The van der Waals surface area contributed by atoms with Gasteiger partial charge in [0.2, 0.25) is 0 Å². The second-order valence-electron chi connectivity index (χ2n) is 9.42. The van der Waals surface area contributed by atoms with E-state index >= 15 is 0 Å². The maximum Gasteiger partial charge on any atom is 0.279 e. The van der Waals surface area contributed by atoms with E-state index in [1.54, 1.807) is 0 Å². The zero-order valence-corrected chi connectivity index (χ0v) is 19.5. The Labute approximate surface area is 170 Å². The van der Waals surface area contributed by atoms with E-state index in [1.807, 2.05) is 0 Å². The minimum Gasteiger partial charge on any atom is -0.306 e. The van der Waals surface area contributed by atoms with Crippen LogP contribution in [0, 0.1) is 13.8 Å². The molecule has 0 bridgehead atoms. The molecule has 1 unspecified atom stereocenters. The van der Waals surface area contributed by atoms with Gasteiger partial charge in [-0.05, 0) is 58.2 Å². The van der Waals surface area contributed by atoms with E-state index in [4.69, 9.17) is 15.8 Å². The van der Waals surface area contributed by atoms with Gasteiger partial charge in [0.05, 0.1) is 0 Å². The number of benzene rings is 2. The lowest BCUT2D eigenvalue weighted by molar-refractivity contribution is 0.262. The Morgan fingerprint density at radius 2 is 1.19 bits per heavy atom. The van der Waals surface area contributed by atoms with Gasteiger partial charge in [0.25, 0.3) is 7.38 Å². The predicted octanol–water partition coefficient (Wildman–Crippen LogP) is 7.63. The SMILES string of the molecule is Cc1ccc(C(O[PH](=O)Cl)c2ccc(C)cc2C(C)(C)C)c(C(C)(C)C)c1. The van der Waals surface area contributed by atoms with Crippen LogP contribution in [0.4, 0.5) is 0 Å². The molecule has 4 heteroatoms. The molecule has 2 nitrogen and oxygen atoms in total. The fraction of sp³-hybridized carbons (Fsp3) is 0.478. The standard InChI is InChI=1S/C23H32ClO2P/c1-15-9-11-17(19(13-15)22(3,4)5)21(26-27(24)25)18-12-10-16(2)14-20(18)23(6,7)8/h9-14,21,27H,1-8H3. The van der Waals surface area contributed by atoms with E-state index < -0.39 is 13.5 Å². The fourth-order valence-electron chi connectivity index (χ4n) is 3.48. The number of aryl methyl sites for hydroxylation is 2. The third kappa shape index (κ3) is 5.47. The molecule has 0 saturated heterocycles. The third-order valence-corrected chi connectivity index (χ3v) is 5.50. The Morgan fingerprint density at radius 3 is 1.48 bits per heavy atom. The number of rotatable bonds is 4.